The molecule has 1 aliphatic rings. The molecule has 1 fully saturated rings. The fourth-order valence-electron chi connectivity index (χ4n) is 6.84. The van der Waals surface area contributed by atoms with Crippen LogP contribution in [0.5, 0.6) is 0 Å². The molecule has 1 saturated carbocycles. The summed E-state index contributed by atoms with van der Waals surface area (Å²) in [4.78, 5) is 35.5. The second-order valence-corrected chi connectivity index (χ2v) is 17.4. The van der Waals surface area contributed by atoms with E-state index in [1.165, 1.54) is 122 Å². The first-order chi connectivity index (χ1) is 28.4. The van der Waals surface area contributed by atoms with E-state index in [9.17, 15) is 44.6 Å². The number of phosphoric ester groups is 1. The summed E-state index contributed by atoms with van der Waals surface area (Å²) >= 11 is 0. The van der Waals surface area contributed by atoms with Crippen molar-refractivity contribution in [2.24, 2.45) is 0 Å². The molecule has 8 atom stereocenters. The monoisotopic (exact) mass is 861 g/mol. The number of hydrogen-bond donors (Lipinski definition) is 6. The molecule has 0 saturated heterocycles. The van der Waals surface area contributed by atoms with Gasteiger partial charge in [0, 0.05) is 12.5 Å². The van der Waals surface area contributed by atoms with Crippen LogP contribution in [0, 0.1) is 0 Å². The van der Waals surface area contributed by atoms with Crippen molar-refractivity contribution in [2.45, 2.75) is 224 Å². The van der Waals surface area contributed by atoms with Gasteiger partial charge in [0.1, 0.15) is 43.2 Å². The Bertz CT molecular complexity index is 1180. The molecule has 0 bridgehead atoms. The van der Waals surface area contributed by atoms with Gasteiger partial charge < -0.3 is 39.9 Å². The van der Waals surface area contributed by atoms with Crippen LogP contribution in [0.1, 0.15) is 181 Å². The summed E-state index contributed by atoms with van der Waals surface area (Å²) in [6.45, 7) is 3.18. The van der Waals surface area contributed by atoms with Crippen LogP contribution in [-0.4, -0.2) is 98.3 Å². The van der Waals surface area contributed by atoms with Crippen LogP contribution in [0.15, 0.2) is 36.5 Å². The summed E-state index contributed by atoms with van der Waals surface area (Å²) in [6.07, 6.45) is 27.0. The minimum Gasteiger partial charge on any atom is -0.462 e. The van der Waals surface area contributed by atoms with E-state index in [2.05, 4.69) is 26.0 Å². The topological polar surface area (TPSA) is 210 Å². The molecule has 59 heavy (non-hydrogen) atoms. The second-order valence-electron chi connectivity index (χ2n) is 16.0. The van der Waals surface area contributed by atoms with Crippen molar-refractivity contribution in [2.75, 3.05) is 13.2 Å². The lowest BCUT2D eigenvalue weighted by Gasteiger charge is -2.41. The predicted octanol–water partition coefficient (Wildman–Crippen LogP) is 8.61. The van der Waals surface area contributed by atoms with E-state index in [0.717, 1.165) is 44.6 Å². The zero-order valence-electron chi connectivity index (χ0n) is 36.3. The quantitative estimate of drug-likeness (QED) is 0.00864. The third kappa shape index (κ3) is 28.3. The van der Waals surface area contributed by atoms with Crippen molar-refractivity contribution >= 4 is 19.8 Å². The van der Waals surface area contributed by atoms with E-state index in [-0.39, 0.29) is 6.42 Å². The van der Waals surface area contributed by atoms with Gasteiger partial charge in [0.2, 0.25) is 0 Å². The highest BCUT2D eigenvalue weighted by Crippen LogP contribution is 2.47. The minimum absolute atomic E-state index is 0.118. The first-order valence-corrected chi connectivity index (χ1v) is 24.3. The molecule has 0 aromatic rings. The standard InChI is InChI=1S/C45H81O13P/c1-3-5-7-9-11-13-15-17-19-21-23-25-27-29-31-33-38(46)55-35-37(36-56-59(53,54)58-45-43(51)41(49)40(48)42(50)44(45)52)57-39(47)34-32-30-28-26-24-22-20-18-16-14-12-10-8-6-4-2/h23,25,28,30,32,34,37,40-45,48-52H,3-22,24,26-27,29,31,33,35-36H2,1-2H3,(H,53,54)/b25-23+,30-28+,34-32+/t37-,40?,41-,42?,43?,44?,45?/m1/s1. The van der Waals surface area contributed by atoms with E-state index in [4.69, 9.17) is 18.5 Å². The van der Waals surface area contributed by atoms with Crippen LogP contribution in [0.2, 0.25) is 0 Å². The largest absolute Gasteiger partial charge is 0.472 e. The summed E-state index contributed by atoms with van der Waals surface area (Å²) in [5.74, 6) is -1.38. The average Bonchev–Trinajstić information content (AvgIpc) is 3.21. The smallest absolute Gasteiger partial charge is 0.462 e. The van der Waals surface area contributed by atoms with Gasteiger partial charge in [-0.15, -0.1) is 0 Å². The first kappa shape index (κ1) is 55.1. The highest BCUT2D eigenvalue weighted by atomic mass is 31.2. The Kier molecular flexibility index (Phi) is 33.3. The highest BCUT2D eigenvalue weighted by Gasteiger charge is 2.51. The summed E-state index contributed by atoms with van der Waals surface area (Å²) in [6, 6.07) is 0. The number of ether oxygens (including phenoxy) is 2. The van der Waals surface area contributed by atoms with E-state index in [1.807, 2.05) is 6.08 Å². The van der Waals surface area contributed by atoms with E-state index in [1.54, 1.807) is 6.08 Å². The molecule has 0 spiro atoms. The Morgan fingerprint density at radius 3 is 1.47 bits per heavy atom. The Balaban J connectivity index is 2.53. The molecule has 0 heterocycles. The van der Waals surface area contributed by atoms with Gasteiger partial charge in [-0.1, -0.05) is 160 Å². The zero-order chi connectivity index (χ0) is 43.6. The third-order valence-electron chi connectivity index (χ3n) is 10.6. The summed E-state index contributed by atoms with van der Waals surface area (Å²) in [5.41, 5.74) is 0. The van der Waals surface area contributed by atoms with Crippen molar-refractivity contribution in [3.8, 4) is 0 Å². The lowest BCUT2D eigenvalue weighted by Crippen LogP contribution is -2.64. The number of aliphatic hydroxyl groups is 5. The molecule has 14 heteroatoms. The number of phosphoric acid groups is 1. The SMILES string of the molecule is CCCCCCCCCCC/C=C/CCCCC(=O)OC[C@H](COP(=O)(O)OC1C(O)C(O)C(O)[C@@H](O)C1O)OC(=O)/C=C/C=C/CCCCCCCCCCCCC. The summed E-state index contributed by atoms with van der Waals surface area (Å²) < 4.78 is 33.3. The van der Waals surface area contributed by atoms with Crippen LogP contribution in [0.3, 0.4) is 0 Å². The molecule has 0 aromatic carbocycles. The Morgan fingerprint density at radius 1 is 0.559 bits per heavy atom. The number of aliphatic hydroxyl groups excluding tert-OH is 5. The van der Waals surface area contributed by atoms with Crippen LogP contribution >= 0.6 is 7.82 Å². The molecular weight excluding hydrogens is 779 g/mol. The van der Waals surface area contributed by atoms with Crippen LogP contribution in [0.4, 0.5) is 0 Å². The van der Waals surface area contributed by atoms with Crippen molar-refractivity contribution in [3.63, 3.8) is 0 Å². The molecular formula is C45H81O13P. The summed E-state index contributed by atoms with van der Waals surface area (Å²) in [5, 5.41) is 50.1. The fraction of sp³-hybridized carbons (Fsp3) is 0.822. The van der Waals surface area contributed by atoms with Gasteiger partial charge in [0.25, 0.3) is 0 Å². The molecule has 0 radical (unpaired) electrons. The van der Waals surface area contributed by atoms with E-state index in [0.29, 0.717) is 6.42 Å². The number of esters is 2. The second kappa shape index (κ2) is 35.6. The van der Waals surface area contributed by atoms with Crippen LogP contribution in [-0.2, 0) is 32.7 Å². The average molecular weight is 861 g/mol. The van der Waals surface area contributed by atoms with Crippen LogP contribution in [0.25, 0.3) is 0 Å². The lowest BCUT2D eigenvalue weighted by atomic mass is 9.85. The number of unbranched alkanes of at least 4 members (excludes halogenated alkanes) is 22. The molecule has 1 aliphatic carbocycles. The van der Waals surface area contributed by atoms with Crippen molar-refractivity contribution in [1.29, 1.82) is 0 Å². The Labute approximate surface area is 355 Å². The van der Waals surface area contributed by atoms with Crippen molar-refractivity contribution < 1.29 is 63.1 Å². The molecule has 1 rings (SSSR count). The van der Waals surface area contributed by atoms with Crippen LogP contribution < -0.4 is 0 Å². The maximum atomic E-state index is 12.8. The maximum Gasteiger partial charge on any atom is 0.472 e. The molecule has 0 amide bonds. The number of carbonyl (C=O) groups excluding carboxylic acids is 2. The van der Waals surface area contributed by atoms with Gasteiger partial charge in [-0.2, -0.15) is 0 Å². The Morgan fingerprint density at radius 2 is 0.983 bits per heavy atom. The molecule has 0 aliphatic heterocycles. The van der Waals surface area contributed by atoms with Gasteiger partial charge in [0.05, 0.1) is 6.61 Å². The number of rotatable bonds is 37. The van der Waals surface area contributed by atoms with Crippen molar-refractivity contribution in [1.82, 2.24) is 0 Å². The molecule has 344 valence electrons. The van der Waals surface area contributed by atoms with E-state index >= 15 is 0 Å². The van der Waals surface area contributed by atoms with Crippen molar-refractivity contribution in [3.05, 3.63) is 36.5 Å². The third-order valence-corrected chi connectivity index (χ3v) is 11.5. The number of hydrogen-bond acceptors (Lipinski definition) is 12. The predicted molar refractivity (Wildman–Crippen MR) is 230 cm³/mol. The summed E-state index contributed by atoms with van der Waals surface area (Å²) in [7, 11) is -5.14. The minimum atomic E-state index is -5.14. The van der Waals surface area contributed by atoms with Gasteiger partial charge in [-0.3, -0.25) is 13.8 Å². The van der Waals surface area contributed by atoms with Gasteiger partial charge in [0.15, 0.2) is 6.10 Å². The lowest BCUT2D eigenvalue weighted by molar-refractivity contribution is -0.220. The molecule has 6 unspecified atom stereocenters. The zero-order valence-corrected chi connectivity index (χ0v) is 37.2. The normalized spacial score (nSPS) is 22.6. The maximum absolute atomic E-state index is 12.8. The molecule has 13 nitrogen and oxygen atoms in total. The van der Waals surface area contributed by atoms with Gasteiger partial charge in [-0.25, -0.2) is 9.36 Å². The Hall–Kier alpha value is -1.93. The fourth-order valence-corrected chi connectivity index (χ4v) is 7.81. The molecule has 0 aromatic heterocycles. The number of carbonyl (C=O) groups is 2. The highest BCUT2D eigenvalue weighted by molar-refractivity contribution is 7.47. The van der Waals surface area contributed by atoms with E-state index < -0.39 is 75.7 Å². The molecule has 6 N–H and O–H groups in total. The number of allylic oxidation sites excluding steroid dienone is 5. The van der Waals surface area contributed by atoms with Gasteiger partial charge >= 0.3 is 19.8 Å². The van der Waals surface area contributed by atoms with Gasteiger partial charge in [-0.05, 0) is 44.9 Å². The first-order valence-electron chi connectivity index (χ1n) is 22.8.